The van der Waals surface area contributed by atoms with Crippen LogP contribution in [0.4, 0.5) is 0 Å². The van der Waals surface area contributed by atoms with Gasteiger partial charge in [0.25, 0.3) is 0 Å². The Morgan fingerprint density at radius 3 is 2.81 bits per heavy atom. The lowest BCUT2D eigenvalue weighted by Crippen LogP contribution is -2.26. The molecular formula is C16H23BrO4. The molecule has 21 heavy (non-hydrogen) atoms. The van der Waals surface area contributed by atoms with Crippen LogP contribution in [-0.4, -0.2) is 35.5 Å². The minimum absolute atomic E-state index is 0.197. The topological polar surface area (TPSA) is 66.8 Å². The van der Waals surface area contributed by atoms with Crippen LogP contribution in [0, 0.1) is 5.92 Å². The van der Waals surface area contributed by atoms with E-state index in [0.29, 0.717) is 13.0 Å². The molecule has 4 nitrogen and oxygen atoms in total. The summed E-state index contributed by atoms with van der Waals surface area (Å²) < 4.78 is 6.26. The van der Waals surface area contributed by atoms with E-state index in [4.69, 9.17) is 4.74 Å². The average molecular weight is 359 g/mol. The van der Waals surface area contributed by atoms with Crippen molar-refractivity contribution in [3.05, 3.63) is 34.3 Å². The second kappa shape index (κ2) is 9.92. The molecule has 0 aliphatic carbocycles. The van der Waals surface area contributed by atoms with E-state index in [-0.39, 0.29) is 13.0 Å². The molecule has 2 N–H and O–H groups in total. The van der Waals surface area contributed by atoms with Crippen LogP contribution in [0.2, 0.25) is 0 Å². The fourth-order valence-electron chi connectivity index (χ4n) is 2.08. The van der Waals surface area contributed by atoms with Gasteiger partial charge in [0.05, 0.1) is 18.6 Å². The molecule has 1 aromatic carbocycles. The molecule has 2 unspecified atom stereocenters. The molecule has 0 radical (unpaired) electrons. The standard InChI is InChI=1S/C16H23BrO4/c1-2-3-7-21-11-15(18)10-13(16(19)20)8-12-5-4-6-14(17)9-12/h4-6,9,13,15,18H,2-3,7-8,10-11H2,1H3,(H,19,20). The van der Waals surface area contributed by atoms with Crippen LogP contribution >= 0.6 is 15.9 Å². The van der Waals surface area contributed by atoms with Crippen molar-refractivity contribution in [2.24, 2.45) is 5.92 Å². The molecule has 1 aromatic rings. The summed E-state index contributed by atoms with van der Waals surface area (Å²) in [5.41, 5.74) is 0.941. The fraction of sp³-hybridized carbons (Fsp3) is 0.562. The van der Waals surface area contributed by atoms with E-state index in [1.807, 2.05) is 24.3 Å². The average Bonchev–Trinajstić information content (AvgIpc) is 2.43. The molecule has 0 aliphatic rings. The van der Waals surface area contributed by atoms with Crippen molar-refractivity contribution in [3.63, 3.8) is 0 Å². The molecule has 0 bridgehead atoms. The van der Waals surface area contributed by atoms with Crippen molar-refractivity contribution in [1.29, 1.82) is 0 Å². The highest BCUT2D eigenvalue weighted by atomic mass is 79.9. The number of aliphatic carboxylic acids is 1. The monoisotopic (exact) mass is 358 g/mol. The van der Waals surface area contributed by atoms with Gasteiger partial charge >= 0.3 is 5.97 Å². The molecule has 0 saturated carbocycles. The van der Waals surface area contributed by atoms with E-state index >= 15 is 0 Å². The fourth-order valence-corrected chi connectivity index (χ4v) is 2.53. The summed E-state index contributed by atoms with van der Waals surface area (Å²) in [5.74, 6) is -1.49. The van der Waals surface area contributed by atoms with Crippen molar-refractivity contribution in [3.8, 4) is 0 Å². The summed E-state index contributed by atoms with van der Waals surface area (Å²) in [5, 5.41) is 19.2. The first-order valence-electron chi connectivity index (χ1n) is 7.26. The molecule has 0 heterocycles. The first kappa shape index (κ1) is 18.1. The van der Waals surface area contributed by atoms with Crippen LogP contribution in [0.1, 0.15) is 31.7 Å². The summed E-state index contributed by atoms with van der Waals surface area (Å²) in [4.78, 5) is 11.3. The first-order valence-corrected chi connectivity index (χ1v) is 8.05. The number of benzene rings is 1. The number of ether oxygens (including phenoxy) is 1. The lowest BCUT2D eigenvalue weighted by molar-refractivity contribution is -0.143. The van der Waals surface area contributed by atoms with Crippen LogP contribution < -0.4 is 0 Å². The number of aliphatic hydroxyl groups is 1. The molecule has 0 aliphatic heterocycles. The maximum Gasteiger partial charge on any atom is 0.306 e. The molecule has 118 valence electrons. The van der Waals surface area contributed by atoms with Crippen molar-refractivity contribution in [2.75, 3.05) is 13.2 Å². The normalized spacial score (nSPS) is 13.9. The van der Waals surface area contributed by atoms with Crippen LogP contribution in [-0.2, 0) is 16.0 Å². The predicted octanol–water partition coefficient (Wildman–Crippen LogP) is 3.26. The Hall–Kier alpha value is -0.910. The number of hydrogen-bond donors (Lipinski definition) is 2. The van der Waals surface area contributed by atoms with Gasteiger partial charge in [0.15, 0.2) is 0 Å². The van der Waals surface area contributed by atoms with Gasteiger partial charge < -0.3 is 14.9 Å². The highest BCUT2D eigenvalue weighted by molar-refractivity contribution is 9.10. The quantitative estimate of drug-likeness (QED) is 0.630. The number of unbranched alkanes of at least 4 members (excludes halogenated alkanes) is 1. The van der Waals surface area contributed by atoms with Gasteiger partial charge in [0.2, 0.25) is 0 Å². The van der Waals surface area contributed by atoms with Crippen molar-refractivity contribution < 1.29 is 19.7 Å². The highest BCUT2D eigenvalue weighted by Crippen LogP contribution is 2.18. The Morgan fingerprint density at radius 1 is 1.43 bits per heavy atom. The summed E-state index contributed by atoms with van der Waals surface area (Å²) in [6.07, 6.45) is 1.86. The van der Waals surface area contributed by atoms with Gasteiger partial charge in [-0.25, -0.2) is 0 Å². The molecule has 0 fully saturated rings. The van der Waals surface area contributed by atoms with E-state index in [9.17, 15) is 15.0 Å². The van der Waals surface area contributed by atoms with E-state index in [1.165, 1.54) is 0 Å². The van der Waals surface area contributed by atoms with Gasteiger partial charge in [0.1, 0.15) is 0 Å². The Labute approximate surface area is 134 Å². The smallest absolute Gasteiger partial charge is 0.306 e. The zero-order valence-corrected chi connectivity index (χ0v) is 13.9. The third-order valence-electron chi connectivity index (χ3n) is 3.23. The number of halogens is 1. The minimum atomic E-state index is -0.886. The lowest BCUT2D eigenvalue weighted by atomic mass is 9.94. The van der Waals surface area contributed by atoms with Gasteiger partial charge in [-0.3, -0.25) is 4.79 Å². The predicted molar refractivity (Wildman–Crippen MR) is 85.3 cm³/mol. The number of carboxylic acid groups (broad SMARTS) is 1. The third kappa shape index (κ3) is 7.60. The zero-order chi connectivity index (χ0) is 15.7. The molecule has 5 heteroatoms. The summed E-state index contributed by atoms with van der Waals surface area (Å²) in [6, 6.07) is 7.57. The van der Waals surface area contributed by atoms with Crippen molar-refractivity contribution in [2.45, 2.75) is 38.7 Å². The molecule has 2 atom stereocenters. The van der Waals surface area contributed by atoms with E-state index in [0.717, 1.165) is 22.9 Å². The molecule has 1 rings (SSSR count). The van der Waals surface area contributed by atoms with E-state index in [1.54, 1.807) is 0 Å². The van der Waals surface area contributed by atoms with Gasteiger partial charge in [-0.05, 0) is 37.0 Å². The van der Waals surface area contributed by atoms with Crippen LogP contribution in [0.5, 0.6) is 0 Å². The molecule has 0 amide bonds. The van der Waals surface area contributed by atoms with Gasteiger partial charge in [-0.15, -0.1) is 0 Å². The molecule has 0 aromatic heterocycles. The summed E-state index contributed by atoms with van der Waals surface area (Å²) in [7, 11) is 0. The summed E-state index contributed by atoms with van der Waals surface area (Å²) in [6.45, 7) is 2.87. The van der Waals surface area contributed by atoms with Gasteiger partial charge in [-0.2, -0.15) is 0 Å². The molecule has 0 saturated heterocycles. The Balaban J connectivity index is 2.48. The van der Waals surface area contributed by atoms with E-state index in [2.05, 4.69) is 22.9 Å². The van der Waals surface area contributed by atoms with Gasteiger partial charge in [0, 0.05) is 11.1 Å². The second-order valence-corrected chi connectivity index (χ2v) is 6.10. The summed E-state index contributed by atoms with van der Waals surface area (Å²) >= 11 is 3.37. The minimum Gasteiger partial charge on any atom is -0.481 e. The largest absolute Gasteiger partial charge is 0.481 e. The number of hydrogen-bond acceptors (Lipinski definition) is 3. The maximum atomic E-state index is 11.3. The Bertz CT molecular complexity index is 436. The second-order valence-electron chi connectivity index (χ2n) is 5.19. The zero-order valence-electron chi connectivity index (χ0n) is 12.3. The van der Waals surface area contributed by atoms with E-state index < -0.39 is 18.0 Å². The Kier molecular flexibility index (Phi) is 8.57. The Morgan fingerprint density at radius 2 is 2.19 bits per heavy atom. The van der Waals surface area contributed by atoms with Crippen LogP contribution in [0.15, 0.2) is 28.7 Å². The van der Waals surface area contributed by atoms with Crippen molar-refractivity contribution in [1.82, 2.24) is 0 Å². The van der Waals surface area contributed by atoms with Crippen LogP contribution in [0.3, 0.4) is 0 Å². The van der Waals surface area contributed by atoms with Crippen LogP contribution in [0.25, 0.3) is 0 Å². The maximum absolute atomic E-state index is 11.3. The molecular weight excluding hydrogens is 336 g/mol. The number of aliphatic hydroxyl groups excluding tert-OH is 1. The lowest BCUT2D eigenvalue weighted by Gasteiger charge is -2.17. The number of carboxylic acids is 1. The number of carbonyl (C=O) groups is 1. The van der Waals surface area contributed by atoms with Crippen molar-refractivity contribution >= 4 is 21.9 Å². The molecule has 0 spiro atoms. The first-order chi connectivity index (χ1) is 10.0. The highest BCUT2D eigenvalue weighted by Gasteiger charge is 2.22. The SMILES string of the molecule is CCCCOCC(O)CC(Cc1cccc(Br)c1)C(=O)O. The third-order valence-corrected chi connectivity index (χ3v) is 3.72. The van der Waals surface area contributed by atoms with Gasteiger partial charge in [-0.1, -0.05) is 41.4 Å². The number of rotatable bonds is 10.